The molecule has 0 aliphatic carbocycles. The van der Waals surface area contributed by atoms with Crippen molar-refractivity contribution in [3.63, 3.8) is 0 Å². The highest BCUT2D eigenvalue weighted by Gasteiger charge is 2.31. The van der Waals surface area contributed by atoms with Gasteiger partial charge >= 0.3 is 0 Å². The molecule has 0 radical (unpaired) electrons. The van der Waals surface area contributed by atoms with Crippen LogP contribution in [-0.2, 0) is 9.53 Å². The highest BCUT2D eigenvalue weighted by atomic mass is 16.5. The Bertz CT molecular complexity index is 680. The van der Waals surface area contributed by atoms with Crippen LogP contribution in [0.3, 0.4) is 0 Å². The molecule has 3 nitrogen and oxygen atoms in total. The molecule has 1 aliphatic heterocycles. The van der Waals surface area contributed by atoms with E-state index in [-0.39, 0.29) is 17.7 Å². The number of carbonyl (C=O) groups is 1. The Morgan fingerprint density at radius 3 is 2.00 bits per heavy atom. The molecular formula is C21H25NO2. The van der Waals surface area contributed by atoms with Crippen LogP contribution in [-0.4, -0.2) is 25.0 Å². The molecular weight excluding hydrogens is 298 g/mol. The molecule has 3 rings (SSSR count). The van der Waals surface area contributed by atoms with Crippen molar-refractivity contribution in [2.45, 2.75) is 33.2 Å². The summed E-state index contributed by atoms with van der Waals surface area (Å²) in [5, 5.41) is 0. The molecule has 0 spiro atoms. The maximum atomic E-state index is 11.9. The summed E-state index contributed by atoms with van der Waals surface area (Å²) < 4.78 is 5.80. The fourth-order valence-corrected chi connectivity index (χ4v) is 3.46. The lowest BCUT2D eigenvalue weighted by Gasteiger charge is -2.39. The first-order chi connectivity index (χ1) is 11.6. The van der Waals surface area contributed by atoms with Gasteiger partial charge in [0.2, 0.25) is 0 Å². The smallest absolute Gasteiger partial charge is 0.135 e. The second-order valence-corrected chi connectivity index (χ2v) is 6.68. The fourth-order valence-electron chi connectivity index (χ4n) is 3.46. The van der Waals surface area contributed by atoms with Crippen LogP contribution in [0.5, 0.6) is 0 Å². The van der Waals surface area contributed by atoms with Gasteiger partial charge in [-0.1, -0.05) is 36.4 Å². The molecule has 3 heteroatoms. The number of benzene rings is 2. The molecule has 24 heavy (non-hydrogen) atoms. The largest absolute Gasteiger partial charge is 0.379 e. The molecule has 1 saturated heterocycles. The zero-order chi connectivity index (χ0) is 17.1. The van der Waals surface area contributed by atoms with Crippen molar-refractivity contribution >= 4 is 17.2 Å². The summed E-state index contributed by atoms with van der Waals surface area (Å²) in [6.07, 6.45) is 0.831. The number of Topliss-reactive ketones (excluding diaryl/α,β-unsaturated/α-hetero) is 1. The van der Waals surface area contributed by atoms with Crippen LogP contribution in [0.25, 0.3) is 0 Å². The van der Waals surface area contributed by atoms with Gasteiger partial charge in [0.05, 0.1) is 19.3 Å². The Balaban J connectivity index is 2.04. The minimum absolute atomic E-state index is 0.0145. The minimum Gasteiger partial charge on any atom is -0.379 e. The molecule has 126 valence electrons. The third-order valence-corrected chi connectivity index (χ3v) is 4.88. The number of ketones is 1. The van der Waals surface area contributed by atoms with Crippen molar-refractivity contribution in [3.8, 4) is 0 Å². The zero-order valence-electron chi connectivity index (χ0n) is 14.7. The number of nitrogens with zero attached hydrogens (tertiary/aromatic N) is 1. The van der Waals surface area contributed by atoms with Crippen LogP contribution >= 0.6 is 0 Å². The van der Waals surface area contributed by atoms with Crippen LogP contribution in [0, 0.1) is 19.8 Å². The van der Waals surface area contributed by atoms with Gasteiger partial charge in [-0.2, -0.15) is 0 Å². The van der Waals surface area contributed by atoms with Gasteiger partial charge in [-0.25, -0.2) is 0 Å². The van der Waals surface area contributed by atoms with E-state index in [0.29, 0.717) is 13.2 Å². The number of hydrogen-bond donors (Lipinski definition) is 0. The minimum atomic E-state index is -0.0145. The molecule has 2 atom stereocenters. The monoisotopic (exact) mass is 323 g/mol. The van der Waals surface area contributed by atoms with E-state index in [0.717, 1.165) is 6.42 Å². The molecule has 0 N–H and O–H groups in total. The van der Waals surface area contributed by atoms with Crippen molar-refractivity contribution < 1.29 is 9.53 Å². The maximum absolute atomic E-state index is 11.9. The number of para-hydroxylation sites is 2. The van der Waals surface area contributed by atoms with E-state index in [1.165, 1.54) is 22.5 Å². The van der Waals surface area contributed by atoms with E-state index in [9.17, 15) is 4.79 Å². The van der Waals surface area contributed by atoms with Crippen molar-refractivity contribution in [2.75, 3.05) is 18.1 Å². The average molecular weight is 323 g/mol. The summed E-state index contributed by atoms with van der Waals surface area (Å²) >= 11 is 0. The highest BCUT2D eigenvalue weighted by Crippen LogP contribution is 2.36. The van der Waals surface area contributed by atoms with Gasteiger partial charge in [0.25, 0.3) is 0 Å². The van der Waals surface area contributed by atoms with Gasteiger partial charge in [-0.05, 0) is 50.5 Å². The molecule has 2 unspecified atom stereocenters. The molecule has 0 saturated carbocycles. The van der Waals surface area contributed by atoms with Gasteiger partial charge in [0, 0.05) is 17.3 Å². The highest BCUT2D eigenvalue weighted by molar-refractivity contribution is 5.79. The Morgan fingerprint density at radius 2 is 1.50 bits per heavy atom. The van der Waals surface area contributed by atoms with Crippen molar-refractivity contribution in [2.24, 2.45) is 5.92 Å². The van der Waals surface area contributed by atoms with Crippen molar-refractivity contribution in [1.82, 2.24) is 0 Å². The number of anilines is 2. The summed E-state index contributed by atoms with van der Waals surface area (Å²) in [5.74, 6) is 0.202. The van der Waals surface area contributed by atoms with Crippen molar-refractivity contribution in [3.05, 3.63) is 59.7 Å². The third kappa shape index (κ3) is 3.36. The van der Waals surface area contributed by atoms with Crippen LogP contribution in [0.4, 0.5) is 11.4 Å². The molecule has 1 heterocycles. The SMILES string of the molecule is CC(=O)C1COCC(N(c2ccccc2C)c2ccccc2C)C1. The number of rotatable bonds is 4. The zero-order valence-corrected chi connectivity index (χ0v) is 14.7. The van der Waals surface area contributed by atoms with E-state index < -0.39 is 0 Å². The summed E-state index contributed by atoms with van der Waals surface area (Å²) in [6, 6.07) is 17.0. The first kappa shape index (κ1) is 16.7. The van der Waals surface area contributed by atoms with E-state index in [4.69, 9.17) is 4.74 Å². The van der Waals surface area contributed by atoms with Crippen molar-refractivity contribution in [1.29, 1.82) is 0 Å². The molecule has 2 aromatic rings. The quantitative estimate of drug-likeness (QED) is 0.833. The Hall–Kier alpha value is -2.13. The molecule has 0 bridgehead atoms. The maximum Gasteiger partial charge on any atom is 0.135 e. The van der Waals surface area contributed by atoms with Crippen LogP contribution in [0.15, 0.2) is 48.5 Å². The van der Waals surface area contributed by atoms with Gasteiger partial charge in [-0.15, -0.1) is 0 Å². The number of aryl methyl sites for hydroxylation is 2. The van der Waals surface area contributed by atoms with E-state index in [1.54, 1.807) is 6.92 Å². The topological polar surface area (TPSA) is 29.5 Å². The third-order valence-electron chi connectivity index (χ3n) is 4.88. The lowest BCUT2D eigenvalue weighted by molar-refractivity contribution is -0.125. The lowest BCUT2D eigenvalue weighted by atomic mass is 9.93. The number of ether oxygens (including phenoxy) is 1. The molecule has 1 fully saturated rings. The Labute approximate surface area is 144 Å². The predicted molar refractivity (Wildman–Crippen MR) is 97.9 cm³/mol. The summed E-state index contributed by atoms with van der Waals surface area (Å²) in [5.41, 5.74) is 4.82. The van der Waals surface area contributed by atoms with Crippen LogP contribution < -0.4 is 4.90 Å². The Kier molecular flexibility index (Phi) is 5.00. The molecule has 0 amide bonds. The molecule has 0 aromatic heterocycles. The van der Waals surface area contributed by atoms with E-state index >= 15 is 0 Å². The summed E-state index contributed by atoms with van der Waals surface area (Å²) in [7, 11) is 0. The normalized spacial score (nSPS) is 20.6. The number of carbonyl (C=O) groups excluding carboxylic acids is 1. The standard InChI is InChI=1S/C21H25NO2/c1-15-8-4-6-10-20(15)22(21-11-7-5-9-16(21)2)19-12-18(17(3)23)13-24-14-19/h4-11,18-19H,12-14H2,1-3H3. The van der Waals surface area contributed by atoms with Crippen LogP contribution in [0.1, 0.15) is 24.5 Å². The van der Waals surface area contributed by atoms with Gasteiger partial charge in [-0.3, -0.25) is 4.79 Å². The lowest BCUT2D eigenvalue weighted by Crippen LogP contribution is -2.43. The fraction of sp³-hybridized carbons (Fsp3) is 0.381. The average Bonchev–Trinajstić information content (AvgIpc) is 2.59. The summed E-state index contributed by atoms with van der Waals surface area (Å²) in [4.78, 5) is 14.2. The predicted octanol–water partition coefficient (Wildman–Crippen LogP) is 4.44. The van der Waals surface area contributed by atoms with E-state index in [1.807, 2.05) is 0 Å². The van der Waals surface area contributed by atoms with E-state index in [2.05, 4.69) is 67.3 Å². The Morgan fingerprint density at radius 1 is 0.958 bits per heavy atom. The van der Waals surface area contributed by atoms with Gasteiger partial charge in [0.15, 0.2) is 0 Å². The summed E-state index contributed by atoms with van der Waals surface area (Å²) in [6.45, 7) is 7.12. The first-order valence-corrected chi connectivity index (χ1v) is 8.56. The second kappa shape index (κ2) is 7.18. The van der Waals surface area contributed by atoms with Gasteiger partial charge in [0.1, 0.15) is 5.78 Å². The van der Waals surface area contributed by atoms with Gasteiger partial charge < -0.3 is 9.64 Å². The molecule has 2 aromatic carbocycles. The number of hydrogen-bond acceptors (Lipinski definition) is 3. The first-order valence-electron chi connectivity index (χ1n) is 8.56. The molecule has 1 aliphatic rings. The van der Waals surface area contributed by atoms with Crippen LogP contribution in [0.2, 0.25) is 0 Å². The second-order valence-electron chi connectivity index (χ2n) is 6.68.